The summed E-state index contributed by atoms with van der Waals surface area (Å²) in [6.07, 6.45) is 7.37. The van der Waals surface area contributed by atoms with Crippen molar-refractivity contribution >= 4 is 10.9 Å². The van der Waals surface area contributed by atoms with E-state index in [1.807, 2.05) is 6.20 Å². The molecule has 16 heavy (non-hydrogen) atoms. The molecule has 0 aliphatic carbocycles. The molecule has 0 bridgehead atoms. The maximum absolute atomic E-state index is 3.45. The zero-order chi connectivity index (χ0) is 11.2. The van der Waals surface area contributed by atoms with Gasteiger partial charge in [0.25, 0.3) is 0 Å². The molecule has 0 aliphatic rings. The first-order valence-electron chi connectivity index (χ1n) is 5.78. The number of allylic oxidation sites excluding steroid dienone is 1. The van der Waals surface area contributed by atoms with Gasteiger partial charge in [0.05, 0.1) is 0 Å². The zero-order valence-corrected chi connectivity index (χ0v) is 9.66. The van der Waals surface area contributed by atoms with Crippen LogP contribution in [0.3, 0.4) is 0 Å². The predicted molar refractivity (Wildman–Crippen MR) is 69.4 cm³/mol. The van der Waals surface area contributed by atoms with Crippen molar-refractivity contribution in [2.45, 2.75) is 19.9 Å². The number of rotatable bonds is 5. The SMILES string of the molecule is C/C=C/CCNCc1cccc2[nH]ccc12. The first-order valence-corrected chi connectivity index (χ1v) is 5.78. The fraction of sp³-hybridized carbons (Fsp3) is 0.286. The van der Waals surface area contributed by atoms with Gasteiger partial charge >= 0.3 is 0 Å². The summed E-state index contributed by atoms with van der Waals surface area (Å²) in [5, 5.41) is 4.77. The van der Waals surface area contributed by atoms with Crippen molar-refractivity contribution < 1.29 is 0 Å². The summed E-state index contributed by atoms with van der Waals surface area (Å²) in [5.74, 6) is 0. The van der Waals surface area contributed by atoms with Crippen LogP contribution in [0.5, 0.6) is 0 Å². The van der Waals surface area contributed by atoms with Gasteiger partial charge in [-0.15, -0.1) is 0 Å². The van der Waals surface area contributed by atoms with E-state index in [0.29, 0.717) is 0 Å². The second-order valence-electron chi connectivity index (χ2n) is 3.89. The second-order valence-corrected chi connectivity index (χ2v) is 3.89. The molecule has 0 fully saturated rings. The first-order chi connectivity index (χ1) is 7.92. The summed E-state index contributed by atoms with van der Waals surface area (Å²) in [5.41, 5.74) is 2.58. The summed E-state index contributed by atoms with van der Waals surface area (Å²) in [4.78, 5) is 3.23. The van der Waals surface area contributed by atoms with Crippen LogP contribution in [0.25, 0.3) is 10.9 Å². The van der Waals surface area contributed by atoms with Crippen LogP contribution in [0.4, 0.5) is 0 Å². The van der Waals surface area contributed by atoms with Gasteiger partial charge < -0.3 is 10.3 Å². The smallest absolute Gasteiger partial charge is 0.0457 e. The van der Waals surface area contributed by atoms with Crippen molar-refractivity contribution in [2.75, 3.05) is 6.54 Å². The van der Waals surface area contributed by atoms with Crippen molar-refractivity contribution in [3.8, 4) is 0 Å². The van der Waals surface area contributed by atoms with Gasteiger partial charge in [-0.1, -0.05) is 24.3 Å². The number of fused-ring (bicyclic) bond motifs is 1. The Morgan fingerprint density at radius 1 is 1.31 bits per heavy atom. The molecular weight excluding hydrogens is 196 g/mol. The fourth-order valence-corrected chi connectivity index (χ4v) is 1.88. The molecule has 0 saturated heterocycles. The Kier molecular flexibility index (Phi) is 3.78. The van der Waals surface area contributed by atoms with E-state index >= 15 is 0 Å². The maximum Gasteiger partial charge on any atom is 0.0457 e. The lowest BCUT2D eigenvalue weighted by Gasteiger charge is -2.04. The monoisotopic (exact) mass is 214 g/mol. The third-order valence-corrected chi connectivity index (χ3v) is 2.72. The molecule has 2 aromatic rings. The number of H-pyrrole nitrogens is 1. The lowest BCUT2D eigenvalue weighted by atomic mass is 10.1. The van der Waals surface area contributed by atoms with E-state index in [9.17, 15) is 0 Å². The van der Waals surface area contributed by atoms with E-state index in [1.54, 1.807) is 0 Å². The van der Waals surface area contributed by atoms with Gasteiger partial charge in [0.1, 0.15) is 0 Å². The van der Waals surface area contributed by atoms with Crippen LogP contribution in [-0.2, 0) is 6.54 Å². The minimum Gasteiger partial charge on any atom is -0.361 e. The lowest BCUT2D eigenvalue weighted by Crippen LogP contribution is -2.14. The van der Waals surface area contributed by atoms with Gasteiger partial charge in [-0.3, -0.25) is 0 Å². The van der Waals surface area contributed by atoms with E-state index in [1.165, 1.54) is 16.5 Å². The quantitative estimate of drug-likeness (QED) is 0.580. The largest absolute Gasteiger partial charge is 0.361 e. The summed E-state index contributed by atoms with van der Waals surface area (Å²) < 4.78 is 0. The third-order valence-electron chi connectivity index (χ3n) is 2.72. The Labute approximate surface area is 96.4 Å². The van der Waals surface area contributed by atoms with E-state index in [0.717, 1.165) is 19.5 Å². The van der Waals surface area contributed by atoms with E-state index in [-0.39, 0.29) is 0 Å². The minimum absolute atomic E-state index is 0.937. The van der Waals surface area contributed by atoms with Gasteiger partial charge in [-0.2, -0.15) is 0 Å². The van der Waals surface area contributed by atoms with Gasteiger partial charge in [0.2, 0.25) is 0 Å². The number of aromatic amines is 1. The summed E-state index contributed by atoms with van der Waals surface area (Å²) in [6, 6.07) is 8.53. The van der Waals surface area contributed by atoms with Crippen molar-refractivity contribution in [2.24, 2.45) is 0 Å². The fourth-order valence-electron chi connectivity index (χ4n) is 1.88. The molecule has 84 valence electrons. The highest BCUT2D eigenvalue weighted by atomic mass is 14.8. The molecule has 0 spiro atoms. The average molecular weight is 214 g/mol. The highest BCUT2D eigenvalue weighted by Crippen LogP contribution is 2.16. The molecule has 0 aliphatic heterocycles. The Hall–Kier alpha value is -1.54. The van der Waals surface area contributed by atoms with E-state index in [2.05, 4.69) is 53.6 Å². The number of hydrogen-bond acceptors (Lipinski definition) is 1. The highest BCUT2D eigenvalue weighted by molar-refractivity contribution is 5.82. The van der Waals surface area contributed by atoms with Gasteiger partial charge in [0.15, 0.2) is 0 Å². The molecule has 2 nitrogen and oxygen atoms in total. The Morgan fingerprint density at radius 2 is 2.25 bits per heavy atom. The normalized spacial score (nSPS) is 11.6. The van der Waals surface area contributed by atoms with Crippen LogP contribution < -0.4 is 5.32 Å². The van der Waals surface area contributed by atoms with Crippen molar-refractivity contribution in [1.82, 2.24) is 10.3 Å². The van der Waals surface area contributed by atoms with Crippen molar-refractivity contribution in [3.63, 3.8) is 0 Å². The molecule has 1 aromatic heterocycles. The molecule has 0 radical (unpaired) electrons. The molecule has 1 heterocycles. The molecule has 2 heteroatoms. The maximum atomic E-state index is 3.45. The number of benzene rings is 1. The molecule has 0 saturated carbocycles. The number of hydrogen-bond donors (Lipinski definition) is 2. The third kappa shape index (κ3) is 2.52. The summed E-state index contributed by atoms with van der Waals surface area (Å²) in [6.45, 7) is 4.03. The minimum atomic E-state index is 0.937. The van der Waals surface area contributed by atoms with Crippen LogP contribution in [0.1, 0.15) is 18.9 Å². The van der Waals surface area contributed by atoms with Crippen LogP contribution in [0.15, 0.2) is 42.6 Å². The second kappa shape index (κ2) is 5.52. The summed E-state index contributed by atoms with van der Waals surface area (Å²) in [7, 11) is 0. The molecule has 1 aromatic carbocycles. The van der Waals surface area contributed by atoms with Gasteiger partial charge in [-0.05, 0) is 37.6 Å². The predicted octanol–water partition coefficient (Wildman–Crippen LogP) is 3.22. The average Bonchev–Trinajstić information content (AvgIpc) is 2.77. The lowest BCUT2D eigenvalue weighted by molar-refractivity contribution is 0.698. The van der Waals surface area contributed by atoms with Crippen molar-refractivity contribution in [3.05, 3.63) is 48.2 Å². The molecule has 2 rings (SSSR count). The number of aromatic nitrogens is 1. The Morgan fingerprint density at radius 3 is 3.12 bits per heavy atom. The topological polar surface area (TPSA) is 27.8 Å². The van der Waals surface area contributed by atoms with Crippen LogP contribution in [-0.4, -0.2) is 11.5 Å². The summed E-state index contributed by atoms with van der Waals surface area (Å²) >= 11 is 0. The van der Waals surface area contributed by atoms with Crippen LogP contribution in [0.2, 0.25) is 0 Å². The molecule has 0 amide bonds. The Balaban J connectivity index is 1.96. The van der Waals surface area contributed by atoms with Gasteiger partial charge in [-0.25, -0.2) is 0 Å². The molecule has 0 unspecified atom stereocenters. The van der Waals surface area contributed by atoms with Crippen LogP contribution >= 0.6 is 0 Å². The Bertz CT molecular complexity index is 468. The zero-order valence-electron chi connectivity index (χ0n) is 9.66. The van der Waals surface area contributed by atoms with E-state index < -0.39 is 0 Å². The van der Waals surface area contributed by atoms with Crippen LogP contribution in [0, 0.1) is 0 Å². The van der Waals surface area contributed by atoms with Gasteiger partial charge in [0, 0.05) is 23.6 Å². The first kappa shape index (κ1) is 11.0. The molecule has 0 atom stereocenters. The standard InChI is InChI=1S/C14H18N2/c1-2-3-4-9-15-11-12-6-5-7-14-13(12)8-10-16-14/h2-3,5-8,10,15-16H,4,9,11H2,1H3/b3-2+. The van der Waals surface area contributed by atoms with E-state index in [4.69, 9.17) is 0 Å². The van der Waals surface area contributed by atoms with Crippen molar-refractivity contribution in [1.29, 1.82) is 0 Å². The molecular formula is C14H18N2. The highest BCUT2D eigenvalue weighted by Gasteiger charge is 1.99. The molecule has 2 N–H and O–H groups in total. The number of nitrogens with one attached hydrogen (secondary N) is 2.